The Morgan fingerprint density at radius 1 is 0.448 bits per heavy atom. The lowest BCUT2D eigenvalue weighted by molar-refractivity contribution is 0.462. The predicted octanol–water partition coefficient (Wildman–Crippen LogP) is 6.07. The van der Waals surface area contributed by atoms with Gasteiger partial charge >= 0.3 is 0 Å². The van der Waals surface area contributed by atoms with Gasteiger partial charge in [-0.2, -0.15) is 0 Å². The Morgan fingerprint density at radius 3 is 1.21 bits per heavy atom. The summed E-state index contributed by atoms with van der Waals surface area (Å²) in [5.74, 6) is 2.06. The zero-order valence-corrected chi connectivity index (χ0v) is 16.0. The lowest BCUT2D eigenvalue weighted by Gasteiger charge is -2.15. The first-order valence-electron chi connectivity index (χ1n) is 9.58. The minimum Gasteiger partial charge on any atom is -0.508 e. The number of phenolic OH excluding ortho intramolecular Hbond substituents is 2. The first-order chi connectivity index (χ1) is 14.2. The molecule has 0 saturated carbocycles. The molecular weight excluding hydrogens is 360 g/mol. The van der Waals surface area contributed by atoms with E-state index in [4.69, 9.17) is 4.74 Å². The van der Waals surface area contributed by atoms with Crippen LogP contribution in [0.5, 0.6) is 23.0 Å². The summed E-state index contributed by atoms with van der Waals surface area (Å²) in [7, 11) is 0. The standard InChI is InChI=1S/C26H22O3/c27-23-13-5-1-9-19(23)17-21-11-3-7-15-25(21)29-26-16-8-4-12-22(26)18-20-10-2-6-14-24(20)28/h1-16,27-28H,17-18H2. The fourth-order valence-corrected chi connectivity index (χ4v) is 3.35. The largest absolute Gasteiger partial charge is 0.508 e. The number of hydrogen-bond acceptors (Lipinski definition) is 3. The highest BCUT2D eigenvalue weighted by Crippen LogP contribution is 2.32. The van der Waals surface area contributed by atoms with Crippen LogP contribution in [0.25, 0.3) is 0 Å². The number of phenols is 2. The van der Waals surface area contributed by atoms with Gasteiger partial charge in [-0.05, 0) is 46.5 Å². The van der Waals surface area contributed by atoms with Crippen molar-refractivity contribution in [3.8, 4) is 23.0 Å². The Morgan fingerprint density at radius 2 is 0.793 bits per heavy atom. The van der Waals surface area contributed by atoms with Crippen LogP contribution in [0.15, 0.2) is 97.1 Å². The molecule has 29 heavy (non-hydrogen) atoms. The first-order valence-corrected chi connectivity index (χ1v) is 9.58. The Kier molecular flexibility index (Phi) is 5.48. The maximum Gasteiger partial charge on any atom is 0.130 e. The van der Waals surface area contributed by atoms with E-state index in [2.05, 4.69) is 0 Å². The van der Waals surface area contributed by atoms with Crippen LogP contribution in [0.3, 0.4) is 0 Å². The topological polar surface area (TPSA) is 49.7 Å². The molecule has 0 saturated heterocycles. The molecule has 0 aliphatic rings. The number of benzene rings is 4. The van der Waals surface area contributed by atoms with Crippen LogP contribution in [0.1, 0.15) is 22.3 Å². The van der Waals surface area contributed by atoms with Gasteiger partial charge in [0, 0.05) is 12.8 Å². The zero-order chi connectivity index (χ0) is 20.1. The van der Waals surface area contributed by atoms with Gasteiger partial charge in [0.2, 0.25) is 0 Å². The van der Waals surface area contributed by atoms with Crippen molar-refractivity contribution < 1.29 is 14.9 Å². The van der Waals surface area contributed by atoms with Gasteiger partial charge in [-0.15, -0.1) is 0 Å². The van der Waals surface area contributed by atoms with E-state index >= 15 is 0 Å². The molecule has 4 rings (SSSR count). The van der Waals surface area contributed by atoms with E-state index in [1.165, 1.54) is 0 Å². The number of hydrogen-bond donors (Lipinski definition) is 2. The Labute approximate surface area is 170 Å². The molecule has 144 valence electrons. The molecule has 0 fully saturated rings. The predicted molar refractivity (Wildman–Crippen MR) is 115 cm³/mol. The third-order valence-electron chi connectivity index (χ3n) is 4.91. The molecule has 0 amide bonds. The van der Waals surface area contributed by atoms with Crippen molar-refractivity contribution in [1.82, 2.24) is 0 Å². The molecule has 3 heteroatoms. The highest BCUT2D eigenvalue weighted by atomic mass is 16.5. The second-order valence-electron chi connectivity index (χ2n) is 6.93. The summed E-state index contributed by atoms with van der Waals surface area (Å²) in [5.41, 5.74) is 3.69. The average molecular weight is 382 g/mol. The van der Waals surface area contributed by atoms with Gasteiger partial charge in [-0.25, -0.2) is 0 Å². The third-order valence-corrected chi connectivity index (χ3v) is 4.91. The molecule has 3 nitrogen and oxygen atoms in total. The Hall–Kier alpha value is -3.72. The van der Waals surface area contributed by atoms with Gasteiger partial charge in [0.05, 0.1) is 0 Å². The lowest BCUT2D eigenvalue weighted by atomic mass is 10.0. The molecule has 4 aromatic rings. The number of rotatable bonds is 6. The minimum atomic E-state index is 0.280. The summed E-state index contributed by atoms with van der Waals surface area (Å²) in [4.78, 5) is 0. The molecule has 0 atom stereocenters. The average Bonchev–Trinajstić information content (AvgIpc) is 2.74. The van der Waals surface area contributed by atoms with Crippen molar-refractivity contribution in [3.05, 3.63) is 119 Å². The molecule has 0 heterocycles. The normalized spacial score (nSPS) is 10.6. The van der Waals surface area contributed by atoms with Crippen LogP contribution >= 0.6 is 0 Å². The number of ether oxygens (including phenoxy) is 1. The van der Waals surface area contributed by atoms with Crippen LogP contribution < -0.4 is 4.74 Å². The van der Waals surface area contributed by atoms with Crippen molar-refractivity contribution in [3.63, 3.8) is 0 Å². The molecular formula is C26H22O3. The maximum absolute atomic E-state index is 10.1. The second-order valence-corrected chi connectivity index (χ2v) is 6.93. The molecule has 2 N–H and O–H groups in total. The fraction of sp³-hybridized carbons (Fsp3) is 0.0769. The molecule has 0 radical (unpaired) electrons. The van der Waals surface area contributed by atoms with Crippen LogP contribution in [-0.2, 0) is 12.8 Å². The van der Waals surface area contributed by atoms with Gasteiger partial charge < -0.3 is 14.9 Å². The Balaban J connectivity index is 1.62. The monoisotopic (exact) mass is 382 g/mol. The van der Waals surface area contributed by atoms with Crippen LogP contribution in [0.4, 0.5) is 0 Å². The van der Waals surface area contributed by atoms with Gasteiger partial charge in [0.1, 0.15) is 23.0 Å². The summed E-state index contributed by atoms with van der Waals surface area (Å²) in [6.07, 6.45) is 1.15. The molecule has 0 bridgehead atoms. The number of aromatic hydroxyl groups is 2. The van der Waals surface area contributed by atoms with E-state index in [9.17, 15) is 10.2 Å². The molecule has 0 aromatic heterocycles. The van der Waals surface area contributed by atoms with Crippen molar-refractivity contribution in [1.29, 1.82) is 0 Å². The van der Waals surface area contributed by atoms with Gasteiger partial charge in [-0.1, -0.05) is 72.8 Å². The summed E-state index contributed by atoms with van der Waals surface area (Å²) >= 11 is 0. The van der Waals surface area contributed by atoms with E-state index < -0.39 is 0 Å². The van der Waals surface area contributed by atoms with Gasteiger partial charge in [0.15, 0.2) is 0 Å². The quantitative estimate of drug-likeness (QED) is 0.425. The van der Waals surface area contributed by atoms with E-state index in [1.54, 1.807) is 12.1 Å². The summed E-state index contributed by atoms with van der Waals surface area (Å²) in [6, 6.07) is 30.4. The van der Waals surface area contributed by atoms with Crippen molar-refractivity contribution in [2.75, 3.05) is 0 Å². The van der Waals surface area contributed by atoms with Gasteiger partial charge in [-0.3, -0.25) is 0 Å². The maximum atomic E-state index is 10.1. The van der Waals surface area contributed by atoms with Crippen molar-refractivity contribution >= 4 is 0 Å². The first kappa shape index (κ1) is 18.6. The number of para-hydroxylation sites is 4. The minimum absolute atomic E-state index is 0.280. The zero-order valence-electron chi connectivity index (χ0n) is 16.0. The highest BCUT2D eigenvalue weighted by Gasteiger charge is 2.11. The van der Waals surface area contributed by atoms with Crippen molar-refractivity contribution in [2.24, 2.45) is 0 Å². The lowest BCUT2D eigenvalue weighted by Crippen LogP contribution is -1.97. The van der Waals surface area contributed by atoms with Crippen LogP contribution in [-0.4, -0.2) is 10.2 Å². The molecule has 0 spiro atoms. The SMILES string of the molecule is Oc1ccccc1Cc1ccccc1Oc1ccccc1Cc1ccccc1O. The molecule has 0 aliphatic heterocycles. The van der Waals surface area contributed by atoms with Crippen molar-refractivity contribution in [2.45, 2.75) is 12.8 Å². The van der Waals surface area contributed by atoms with E-state index in [-0.39, 0.29) is 11.5 Å². The summed E-state index contributed by atoms with van der Waals surface area (Å²) < 4.78 is 6.30. The molecule has 0 unspecified atom stereocenters. The third kappa shape index (κ3) is 4.41. The highest BCUT2D eigenvalue weighted by molar-refractivity contribution is 5.47. The van der Waals surface area contributed by atoms with Crippen LogP contribution in [0, 0.1) is 0 Å². The van der Waals surface area contributed by atoms with Crippen LogP contribution in [0.2, 0.25) is 0 Å². The molecule has 4 aromatic carbocycles. The second kappa shape index (κ2) is 8.53. The van der Waals surface area contributed by atoms with E-state index in [0.29, 0.717) is 12.8 Å². The van der Waals surface area contributed by atoms with E-state index in [1.807, 2.05) is 84.9 Å². The smallest absolute Gasteiger partial charge is 0.130 e. The van der Waals surface area contributed by atoms with E-state index in [0.717, 1.165) is 33.8 Å². The fourth-order valence-electron chi connectivity index (χ4n) is 3.35. The Bertz CT molecular complexity index is 1030. The summed E-state index contributed by atoms with van der Waals surface area (Å²) in [6.45, 7) is 0. The molecule has 0 aliphatic carbocycles. The van der Waals surface area contributed by atoms with Gasteiger partial charge in [0.25, 0.3) is 0 Å². The summed E-state index contributed by atoms with van der Waals surface area (Å²) in [5, 5.41) is 20.2.